The Hall–Kier alpha value is -1.82. The average molecular weight is 322 g/mol. The number of hydrogen-bond donors (Lipinski definition) is 1. The van der Waals surface area contributed by atoms with Crippen LogP contribution >= 0.6 is 0 Å². The van der Waals surface area contributed by atoms with E-state index in [1.807, 2.05) is 12.1 Å². The third-order valence-electron chi connectivity index (χ3n) is 3.87. The third-order valence-corrected chi connectivity index (χ3v) is 3.87. The van der Waals surface area contributed by atoms with E-state index in [0.29, 0.717) is 0 Å². The monoisotopic (exact) mass is 322 g/mol. The summed E-state index contributed by atoms with van der Waals surface area (Å²) in [4.78, 5) is 9.24. The molecule has 1 N–H and O–H groups in total. The van der Waals surface area contributed by atoms with E-state index in [1.54, 1.807) is 7.11 Å². The Morgan fingerprint density at radius 1 is 1.22 bits per heavy atom. The minimum absolute atomic E-state index is 0.190. The van der Waals surface area contributed by atoms with Crippen LogP contribution < -0.4 is 10.2 Å². The first-order chi connectivity index (χ1) is 11.2. The number of aliphatic imine (C=N–C) groups is 1. The summed E-state index contributed by atoms with van der Waals surface area (Å²) >= 11 is 0. The summed E-state index contributed by atoms with van der Waals surface area (Å²) < 4.78 is 18.1. The molecule has 0 bridgehead atoms. The zero-order valence-corrected chi connectivity index (χ0v) is 14.1. The molecule has 0 amide bonds. The molecule has 5 nitrogen and oxygen atoms in total. The van der Waals surface area contributed by atoms with Crippen molar-refractivity contribution < 1.29 is 9.13 Å². The molecule has 1 aromatic carbocycles. The van der Waals surface area contributed by atoms with Crippen LogP contribution in [0.3, 0.4) is 0 Å². The van der Waals surface area contributed by atoms with E-state index in [2.05, 4.69) is 27.0 Å². The van der Waals surface area contributed by atoms with Crippen LogP contribution in [0.25, 0.3) is 0 Å². The molecule has 1 heterocycles. The molecule has 1 aromatic rings. The summed E-state index contributed by atoms with van der Waals surface area (Å²) in [6, 6.07) is 6.72. The van der Waals surface area contributed by atoms with Crippen LogP contribution in [-0.4, -0.2) is 63.8 Å². The Kier molecular flexibility index (Phi) is 7.13. The van der Waals surface area contributed by atoms with E-state index in [9.17, 15) is 4.39 Å². The highest BCUT2D eigenvalue weighted by atomic mass is 19.1. The lowest BCUT2D eigenvalue weighted by Gasteiger charge is -2.37. The van der Waals surface area contributed by atoms with Gasteiger partial charge in [0.1, 0.15) is 5.82 Å². The average Bonchev–Trinajstić information content (AvgIpc) is 2.59. The van der Waals surface area contributed by atoms with Gasteiger partial charge in [-0.25, -0.2) is 4.39 Å². The molecule has 1 aliphatic rings. The Morgan fingerprint density at radius 2 is 1.91 bits per heavy atom. The lowest BCUT2D eigenvalue weighted by atomic mass is 10.2. The van der Waals surface area contributed by atoms with Gasteiger partial charge in [-0.3, -0.25) is 4.99 Å². The molecule has 0 aromatic heterocycles. The Morgan fingerprint density at radius 3 is 2.52 bits per heavy atom. The molecule has 1 saturated heterocycles. The van der Waals surface area contributed by atoms with Crippen molar-refractivity contribution in [2.75, 3.05) is 57.9 Å². The van der Waals surface area contributed by atoms with Gasteiger partial charge in [0.2, 0.25) is 0 Å². The largest absolute Gasteiger partial charge is 0.385 e. The van der Waals surface area contributed by atoms with Gasteiger partial charge in [0.25, 0.3) is 0 Å². The van der Waals surface area contributed by atoms with E-state index >= 15 is 0 Å². The second-order valence-electron chi connectivity index (χ2n) is 5.53. The number of anilines is 1. The van der Waals surface area contributed by atoms with Crippen LogP contribution in [0, 0.1) is 5.82 Å². The highest BCUT2D eigenvalue weighted by Crippen LogP contribution is 2.16. The zero-order chi connectivity index (χ0) is 16.5. The van der Waals surface area contributed by atoms with Gasteiger partial charge in [-0.1, -0.05) is 0 Å². The van der Waals surface area contributed by atoms with E-state index in [-0.39, 0.29) is 5.82 Å². The quantitative estimate of drug-likeness (QED) is 0.494. The summed E-state index contributed by atoms with van der Waals surface area (Å²) in [6.07, 6.45) is 0.931. The first-order valence-corrected chi connectivity index (χ1v) is 8.27. The number of hydrogen-bond acceptors (Lipinski definition) is 3. The van der Waals surface area contributed by atoms with Crippen molar-refractivity contribution in [2.45, 2.75) is 13.3 Å². The number of guanidine groups is 1. The van der Waals surface area contributed by atoms with Crippen LogP contribution in [0.4, 0.5) is 10.1 Å². The maximum Gasteiger partial charge on any atom is 0.194 e. The summed E-state index contributed by atoms with van der Waals surface area (Å²) in [5.74, 6) is 0.785. The van der Waals surface area contributed by atoms with Crippen LogP contribution in [-0.2, 0) is 4.74 Å². The smallest absolute Gasteiger partial charge is 0.194 e. The second kappa shape index (κ2) is 9.35. The molecule has 2 rings (SSSR count). The Balaban J connectivity index is 1.88. The van der Waals surface area contributed by atoms with Gasteiger partial charge in [-0.2, -0.15) is 0 Å². The fourth-order valence-corrected chi connectivity index (χ4v) is 2.65. The number of methoxy groups -OCH3 is 1. The normalized spacial score (nSPS) is 15.9. The molecule has 0 spiro atoms. The highest BCUT2D eigenvalue weighted by Gasteiger charge is 2.19. The second-order valence-corrected chi connectivity index (χ2v) is 5.53. The number of nitrogens with zero attached hydrogens (tertiary/aromatic N) is 3. The molecule has 1 aliphatic heterocycles. The first-order valence-electron chi connectivity index (χ1n) is 8.27. The Labute approximate surface area is 138 Å². The molecular weight excluding hydrogens is 295 g/mol. The van der Waals surface area contributed by atoms with Crippen molar-refractivity contribution >= 4 is 11.6 Å². The minimum atomic E-state index is -0.190. The summed E-state index contributed by atoms with van der Waals surface area (Å²) in [5.41, 5.74) is 1.08. The maximum atomic E-state index is 13.0. The molecule has 23 heavy (non-hydrogen) atoms. The van der Waals surface area contributed by atoms with Crippen molar-refractivity contribution in [1.82, 2.24) is 10.2 Å². The fraction of sp³-hybridized carbons (Fsp3) is 0.588. The SMILES string of the molecule is CCNC(=NCCCOC)N1CCN(c2ccc(F)cc2)CC1. The van der Waals surface area contributed by atoms with Gasteiger partial charge in [0.05, 0.1) is 0 Å². The van der Waals surface area contributed by atoms with E-state index in [0.717, 1.165) is 63.9 Å². The first kappa shape index (κ1) is 17.5. The van der Waals surface area contributed by atoms with Crippen LogP contribution in [0.5, 0.6) is 0 Å². The summed E-state index contributed by atoms with van der Waals surface area (Å²) in [5, 5.41) is 3.36. The van der Waals surface area contributed by atoms with E-state index < -0.39 is 0 Å². The highest BCUT2D eigenvalue weighted by molar-refractivity contribution is 5.80. The standard InChI is InChI=1S/C17H27FN4O/c1-3-19-17(20-9-4-14-23-2)22-12-10-21(11-13-22)16-7-5-15(18)6-8-16/h5-8H,3-4,9-14H2,1-2H3,(H,19,20). The molecule has 0 radical (unpaired) electrons. The molecule has 0 saturated carbocycles. The van der Waals surface area contributed by atoms with Crippen molar-refractivity contribution in [3.63, 3.8) is 0 Å². The number of nitrogens with one attached hydrogen (secondary N) is 1. The predicted molar refractivity (Wildman–Crippen MR) is 92.7 cm³/mol. The molecule has 0 aliphatic carbocycles. The van der Waals surface area contributed by atoms with Gasteiger partial charge < -0.3 is 19.9 Å². The van der Waals surface area contributed by atoms with Crippen LogP contribution in [0.15, 0.2) is 29.3 Å². The number of piperazine rings is 1. The zero-order valence-electron chi connectivity index (χ0n) is 14.1. The van der Waals surface area contributed by atoms with Gasteiger partial charge in [0, 0.05) is 58.7 Å². The number of halogens is 1. The molecular formula is C17H27FN4O. The van der Waals surface area contributed by atoms with E-state index in [4.69, 9.17) is 4.74 Å². The topological polar surface area (TPSA) is 40.1 Å². The Bertz CT molecular complexity index is 484. The van der Waals surface area contributed by atoms with E-state index in [1.165, 1.54) is 12.1 Å². The number of benzene rings is 1. The summed E-state index contributed by atoms with van der Waals surface area (Å²) in [6.45, 7) is 8.10. The molecule has 0 unspecified atom stereocenters. The van der Waals surface area contributed by atoms with Gasteiger partial charge in [-0.15, -0.1) is 0 Å². The molecule has 0 atom stereocenters. The van der Waals surface area contributed by atoms with Crippen molar-refractivity contribution in [3.8, 4) is 0 Å². The fourth-order valence-electron chi connectivity index (χ4n) is 2.65. The lowest BCUT2D eigenvalue weighted by Crippen LogP contribution is -2.52. The minimum Gasteiger partial charge on any atom is -0.385 e. The third kappa shape index (κ3) is 5.39. The number of rotatable bonds is 6. The van der Waals surface area contributed by atoms with Gasteiger partial charge >= 0.3 is 0 Å². The predicted octanol–water partition coefficient (Wildman–Crippen LogP) is 1.95. The summed E-state index contributed by atoms with van der Waals surface area (Å²) in [7, 11) is 1.71. The van der Waals surface area contributed by atoms with Crippen molar-refractivity contribution in [2.24, 2.45) is 4.99 Å². The van der Waals surface area contributed by atoms with Crippen molar-refractivity contribution in [3.05, 3.63) is 30.1 Å². The maximum absolute atomic E-state index is 13.0. The molecule has 1 fully saturated rings. The molecule has 128 valence electrons. The van der Waals surface area contributed by atoms with Crippen LogP contribution in [0.1, 0.15) is 13.3 Å². The van der Waals surface area contributed by atoms with Gasteiger partial charge in [-0.05, 0) is 37.6 Å². The molecule has 6 heteroatoms. The lowest BCUT2D eigenvalue weighted by molar-refractivity contribution is 0.197. The van der Waals surface area contributed by atoms with Crippen molar-refractivity contribution in [1.29, 1.82) is 0 Å². The number of ether oxygens (including phenoxy) is 1. The van der Waals surface area contributed by atoms with Gasteiger partial charge in [0.15, 0.2) is 5.96 Å². The van der Waals surface area contributed by atoms with Crippen LogP contribution in [0.2, 0.25) is 0 Å².